The van der Waals surface area contributed by atoms with Crippen molar-refractivity contribution in [1.29, 1.82) is 0 Å². The Balaban J connectivity index is 2.58. The van der Waals surface area contributed by atoms with Gasteiger partial charge in [-0.3, -0.25) is 0 Å². The molecule has 0 amide bonds. The summed E-state index contributed by atoms with van der Waals surface area (Å²) in [5.41, 5.74) is 0.420. The highest BCUT2D eigenvalue weighted by Gasteiger charge is 2.03. The third-order valence-electron chi connectivity index (χ3n) is 1.58. The third-order valence-corrected chi connectivity index (χ3v) is 2.57. The average molecular weight is 253 g/mol. The molecule has 0 spiro atoms. The van der Waals surface area contributed by atoms with Crippen LogP contribution in [0, 0.1) is 5.82 Å². The monoisotopic (exact) mass is 252 g/mol. The zero-order valence-electron chi connectivity index (χ0n) is 7.70. The van der Waals surface area contributed by atoms with Crippen LogP contribution in [0.25, 0.3) is 0 Å². The van der Waals surface area contributed by atoms with Crippen LogP contribution >= 0.6 is 11.6 Å². The van der Waals surface area contributed by atoms with Crippen molar-refractivity contribution in [3.05, 3.63) is 29.0 Å². The van der Waals surface area contributed by atoms with Gasteiger partial charge in [0.1, 0.15) is 5.82 Å². The number of sulfonamides is 1. The molecule has 0 atom stereocenters. The maximum Gasteiger partial charge on any atom is 0.210 e. The summed E-state index contributed by atoms with van der Waals surface area (Å²) in [5, 5.41) is 7.73. The fourth-order valence-electron chi connectivity index (χ4n) is 0.994. The molecule has 0 saturated carbocycles. The van der Waals surface area contributed by atoms with Crippen molar-refractivity contribution in [2.75, 3.05) is 17.6 Å². The molecule has 1 aromatic carbocycles. The minimum atomic E-state index is -3.50. The van der Waals surface area contributed by atoms with Crippen LogP contribution in [-0.4, -0.2) is 20.7 Å². The highest BCUT2D eigenvalue weighted by Crippen LogP contribution is 2.17. The summed E-state index contributed by atoms with van der Waals surface area (Å²) in [6.07, 6.45) is 0. The van der Waals surface area contributed by atoms with E-state index in [1.54, 1.807) is 0 Å². The number of primary sulfonamides is 1. The molecule has 3 N–H and O–H groups in total. The zero-order valence-corrected chi connectivity index (χ0v) is 9.28. The number of benzene rings is 1. The molecule has 1 aromatic rings. The van der Waals surface area contributed by atoms with Crippen molar-refractivity contribution in [1.82, 2.24) is 0 Å². The van der Waals surface area contributed by atoms with Crippen LogP contribution < -0.4 is 10.5 Å². The van der Waals surface area contributed by atoms with Gasteiger partial charge in [-0.2, -0.15) is 0 Å². The first-order valence-corrected chi connectivity index (χ1v) is 6.16. The fraction of sp³-hybridized carbons (Fsp3) is 0.250. The molecule has 0 radical (unpaired) electrons. The number of nitrogens with one attached hydrogen (secondary N) is 1. The SMILES string of the molecule is NS(=O)(=O)CCNc1cc(F)cc(Cl)c1. The molecule has 0 heterocycles. The van der Waals surface area contributed by atoms with E-state index >= 15 is 0 Å². The maximum absolute atomic E-state index is 12.8. The predicted octanol–water partition coefficient (Wildman–Crippen LogP) is 1.18. The Morgan fingerprint density at radius 2 is 2.07 bits per heavy atom. The van der Waals surface area contributed by atoms with Crippen LogP contribution in [0.4, 0.5) is 10.1 Å². The Morgan fingerprint density at radius 3 is 2.60 bits per heavy atom. The highest BCUT2D eigenvalue weighted by molar-refractivity contribution is 7.89. The lowest BCUT2D eigenvalue weighted by atomic mass is 10.3. The van der Waals surface area contributed by atoms with Crippen LogP contribution in [0.1, 0.15) is 0 Å². The largest absolute Gasteiger partial charge is 0.384 e. The normalized spacial score (nSPS) is 11.4. The van der Waals surface area contributed by atoms with Crippen molar-refractivity contribution < 1.29 is 12.8 Å². The van der Waals surface area contributed by atoms with Crippen LogP contribution in [0.15, 0.2) is 18.2 Å². The van der Waals surface area contributed by atoms with E-state index < -0.39 is 15.8 Å². The standard InChI is InChI=1S/C8H10ClFN2O2S/c9-6-3-7(10)5-8(4-6)12-1-2-15(11,13)14/h3-5,12H,1-2H2,(H2,11,13,14). The number of halogens is 2. The molecule has 0 aliphatic rings. The van der Waals surface area contributed by atoms with Gasteiger partial charge < -0.3 is 5.32 Å². The lowest BCUT2D eigenvalue weighted by molar-refractivity contribution is 0.598. The molecular weight excluding hydrogens is 243 g/mol. The predicted molar refractivity (Wildman–Crippen MR) is 57.9 cm³/mol. The molecule has 0 fully saturated rings. The van der Waals surface area contributed by atoms with E-state index in [-0.39, 0.29) is 17.3 Å². The first-order chi connectivity index (χ1) is 6.87. The summed E-state index contributed by atoms with van der Waals surface area (Å²) < 4.78 is 34.0. The fourth-order valence-corrected chi connectivity index (χ4v) is 1.60. The van der Waals surface area contributed by atoms with Gasteiger partial charge in [-0.1, -0.05) is 11.6 Å². The van der Waals surface area contributed by atoms with E-state index in [0.717, 1.165) is 6.07 Å². The average Bonchev–Trinajstić information content (AvgIpc) is 1.99. The maximum atomic E-state index is 12.8. The summed E-state index contributed by atoms with van der Waals surface area (Å²) in [5.74, 6) is -0.707. The smallest absolute Gasteiger partial charge is 0.210 e. The molecule has 15 heavy (non-hydrogen) atoms. The van der Waals surface area contributed by atoms with Crippen molar-refractivity contribution in [3.8, 4) is 0 Å². The Labute approximate surface area is 92.3 Å². The van der Waals surface area contributed by atoms with Gasteiger partial charge in [-0.25, -0.2) is 17.9 Å². The second-order valence-electron chi connectivity index (χ2n) is 2.95. The molecule has 1 rings (SSSR count). The van der Waals surface area contributed by atoms with Gasteiger partial charge in [0.2, 0.25) is 10.0 Å². The molecule has 0 unspecified atom stereocenters. The van der Waals surface area contributed by atoms with E-state index in [0.29, 0.717) is 5.69 Å². The van der Waals surface area contributed by atoms with Crippen LogP contribution in [0.2, 0.25) is 5.02 Å². The van der Waals surface area contributed by atoms with Gasteiger partial charge >= 0.3 is 0 Å². The zero-order chi connectivity index (χ0) is 11.5. The summed E-state index contributed by atoms with van der Waals surface area (Å²) in [4.78, 5) is 0. The molecule has 0 bridgehead atoms. The van der Waals surface area contributed by atoms with Gasteiger partial charge in [-0.15, -0.1) is 0 Å². The first kappa shape index (κ1) is 12.2. The van der Waals surface area contributed by atoms with Gasteiger partial charge in [0.05, 0.1) is 5.75 Å². The van der Waals surface area contributed by atoms with Crippen LogP contribution in [-0.2, 0) is 10.0 Å². The topological polar surface area (TPSA) is 72.2 Å². The lowest BCUT2D eigenvalue weighted by Crippen LogP contribution is -2.22. The molecule has 84 valence electrons. The second-order valence-corrected chi connectivity index (χ2v) is 5.12. The molecular formula is C8H10ClFN2O2S. The Morgan fingerprint density at radius 1 is 1.40 bits per heavy atom. The van der Waals surface area contributed by atoms with Gasteiger partial charge in [0, 0.05) is 17.3 Å². The van der Waals surface area contributed by atoms with Crippen molar-refractivity contribution in [2.45, 2.75) is 0 Å². The Kier molecular flexibility index (Phi) is 3.90. The van der Waals surface area contributed by atoms with Gasteiger partial charge in [0.25, 0.3) is 0 Å². The van der Waals surface area contributed by atoms with E-state index in [4.69, 9.17) is 16.7 Å². The van der Waals surface area contributed by atoms with E-state index in [1.807, 2.05) is 0 Å². The minimum absolute atomic E-state index is 0.110. The van der Waals surface area contributed by atoms with Crippen molar-refractivity contribution in [3.63, 3.8) is 0 Å². The van der Waals surface area contributed by atoms with Crippen molar-refractivity contribution in [2.24, 2.45) is 5.14 Å². The number of anilines is 1. The summed E-state index contributed by atoms with van der Waals surface area (Å²) in [7, 11) is -3.50. The summed E-state index contributed by atoms with van der Waals surface area (Å²) >= 11 is 5.60. The molecule has 4 nitrogen and oxygen atoms in total. The van der Waals surface area contributed by atoms with Gasteiger partial charge in [0.15, 0.2) is 0 Å². The van der Waals surface area contributed by atoms with Crippen molar-refractivity contribution >= 4 is 27.3 Å². The Hall–Kier alpha value is -0.850. The van der Waals surface area contributed by atoms with E-state index in [9.17, 15) is 12.8 Å². The minimum Gasteiger partial charge on any atom is -0.384 e. The molecule has 0 aromatic heterocycles. The Bertz CT molecular complexity index is 430. The summed E-state index contributed by atoms with van der Waals surface area (Å²) in [6.45, 7) is 0.110. The third kappa shape index (κ3) is 4.96. The second kappa shape index (κ2) is 4.78. The van der Waals surface area contributed by atoms with Gasteiger partial charge in [-0.05, 0) is 18.2 Å². The number of rotatable bonds is 4. The molecule has 0 aliphatic carbocycles. The number of hydrogen-bond donors (Lipinski definition) is 2. The van der Waals surface area contributed by atoms with E-state index in [1.165, 1.54) is 12.1 Å². The lowest BCUT2D eigenvalue weighted by Gasteiger charge is -2.05. The molecule has 7 heteroatoms. The molecule has 0 saturated heterocycles. The highest BCUT2D eigenvalue weighted by atomic mass is 35.5. The first-order valence-electron chi connectivity index (χ1n) is 4.07. The van der Waals surface area contributed by atoms with E-state index in [2.05, 4.69) is 5.32 Å². The number of hydrogen-bond acceptors (Lipinski definition) is 3. The number of nitrogens with two attached hydrogens (primary N) is 1. The molecule has 0 aliphatic heterocycles. The summed E-state index contributed by atoms with van der Waals surface area (Å²) in [6, 6.07) is 3.87. The van der Waals surface area contributed by atoms with Crippen LogP contribution in [0.5, 0.6) is 0 Å². The quantitative estimate of drug-likeness (QED) is 0.845. The van der Waals surface area contributed by atoms with Crippen LogP contribution in [0.3, 0.4) is 0 Å².